The summed E-state index contributed by atoms with van der Waals surface area (Å²) in [4.78, 5) is 0. The Morgan fingerprint density at radius 1 is 0.917 bits per heavy atom. The Kier molecular flexibility index (Phi) is 7.77. The zero-order chi connectivity index (χ0) is 25.5. The Morgan fingerprint density at radius 3 is 2.58 bits per heavy atom. The van der Waals surface area contributed by atoms with Crippen LogP contribution >= 0.6 is 0 Å². The summed E-state index contributed by atoms with van der Waals surface area (Å²) in [5, 5.41) is 20.2. The average molecular weight is 493 g/mol. The zero-order valence-corrected chi connectivity index (χ0v) is 23.5. The van der Waals surface area contributed by atoms with E-state index in [-0.39, 0.29) is 12.2 Å². The first kappa shape index (κ1) is 26.5. The highest BCUT2D eigenvalue weighted by molar-refractivity contribution is 5.38. The first-order valence-corrected chi connectivity index (χ1v) is 15.3. The van der Waals surface area contributed by atoms with Gasteiger partial charge in [0.1, 0.15) is 0 Å². The van der Waals surface area contributed by atoms with E-state index in [9.17, 15) is 10.2 Å². The fraction of sp³-hybridized carbons (Fsp3) is 0.765. The van der Waals surface area contributed by atoms with Crippen LogP contribution in [0.2, 0.25) is 0 Å². The van der Waals surface area contributed by atoms with Crippen LogP contribution in [0.1, 0.15) is 111 Å². The summed E-state index contributed by atoms with van der Waals surface area (Å²) in [5.41, 5.74) is 5.51. The van der Waals surface area contributed by atoms with Gasteiger partial charge in [0.15, 0.2) is 0 Å². The van der Waals surface area contributed by atoms with E-state index in [2.05, 4.69) is 58.1 Å². The smallest absolute Gasteiger partial charge is 0.0609 e. The van der Waals surface area contributed by atoms with E-state index in [0.717, 1.165) is 56.3 Å². The molecule has 3 fully saturated rings. The van der Waals surface area contributed by atoms with Gasteiger partial charge >= 0.3 is 0 Å². The van der Waals surface area contributed by atoms with Crippen molar-refractivity contribution in [2.24, 2.45) is 40.4 Å². The monoisotopic (exact) mass is 492 g/mol. The van der Waals surface area contributed by atoms with E-state index >= 15 is 0 Å². The lowest BCUT2D eigenvalue weighted by Gasteiger charge is -2.55. The predicted octanol–water partition coefficient (Wildman–Crippen LogP) is 8.32. The van der Waals surface area contributed by atoms with Crippen molar-refractivity contribution in [2.45, 2.75) is 123 Å². The van der Waals surface area contributed by atoms with Gasteiger partial charge < -0.3 is 10.2 Å². The van der Waals surface area contributed by atoms with Gasteiger partial charge in [-0.15, -0.1) is 0 Å². The van der Waals surface area contributed by atoms with Crippen molar-refractivity contribution < 1.29 is 10.2 Å². The molecule has 0 saturated heterocycles. The molecule has 9 atom stereocenters. The number of aliphatic hydroxyl groups excluding tert-OH is 2. The van der Waals surface area contributed by atoms with Crippen LogP contribution in [-0.4, -0.2) is 22.4 Å². The first-order valence-electron chi connectivity index (χ1n) is 15.3. The van der Waals surface area contributed by atoms with E-state index in [1.165, 1.54) is 56.1 Å². The van der Waals surface area contributed by atoms with Crippen molar-refractivity contribution in [3.8, 4) is 0 Å². The third kappa shape index (κ3) is 4.98. The van der Waals surface area contributed by atoms with Crippen molar-refractivity contribution in [3.63, 3.8) is 0 Å². The van der Waals surface area contributed by atoms with Crippen molar-refractivity contribution in [1.29, 1.82) is 0 Å². The molecule has 2 nitrogen and oxygen atoms in total. The Bertz CT molecular complexity index is 923. The van der Waals surface area contributed by atoms with Crippen LogP contribution < -0.4 is 0 Å². The highest BCUT2D eigenvalue weighted by atomic mass is 16.3. The third-order valence-electron chi connectivity index (χ3n) is 11.6. The summed E-state index contributed by atoms with van der Waals surface area (Å²) in [7, 11) is 0. The van der Waals surface area contributed by atoms with Gasteiger partial charge in [0.2, 0.25) is 0 Å². The number of hydrogen-bond acceptors (Lipinski definition) is 2. The van der Waals surface area contributed by atoms with E-state index in [4.69, 9.17) is 0 Å². The second-order valence-corrected chi connectivity index (χ2v) is 14.0. The Morgan fingerprint density at radius 2 is 1.75 bits per heavy atom. The van der Waals surface area contributed by atoms with E-state index in [1.807, 2.05) is 0 Å². The quantitative estimate of drug-likeness (QED) is 0.375. The maximum atomic E-state index is 10.3. The molecule has 0 aromatic rings. The Balaban J connectivity index is 1.18. The van der Waals surface area contributed by atoms with Gasteiger partial charge in [0.05, 0.1) is 12.2 Å². The number of fused-ring (bicyclic) bond motifs is 5. The van der Waals surface area contributed by atoms with Gasteiger partial charge in [-0.25, -0.2) is 0 Å². The van der Waals surface area contributed by atoms with Gasteiger partial charge in [0.25, 0.3) is 0 Å². The molecular formula is C34H52O2. The molecule has 0 radical (unpaired) electrons. The van der Waals surface area contributed by atoms with Gasteiger partial charge in [-0.3, -0.25) is 0 Å². The highest BCUT2D eigenvalue weighted by Gasteiger charge is 2.56. The molecule has 0 amide bonds. The topological polar surface area (TPSA) is 40.5 Å². The lowest BCUT2D eigenvalue weighted by Crippen LogP contribution is -2.46. The summed E-state index contributed by atoms with van der Waals surface area (Å²) < 4.78 is 0. The molecule has 0 aliphatic heterocycles. The molecule has 0 aromatic heterocycles. The molecule has 0 bridgehead atoms. The molecule has 200 valence electrons. The molecule has 0 spiro atoms. The second kappa shape index (κ2) is 10.6. The molecule has 36 heavy (non-hydrogen) atoms. The molecule has 5 aliphatic rings. The molecule has 0 heterocycles. The summed E-state index contributed by atoms with van der Waals surface area (Å²) in [6, 6.07) is 0. The first-order chi connectivity index (χ1) is 17.2. The lowest BCUT2D eigenvalue weighted by atomic mass is 9.50. The van der Waals surface area contributed by atoms with E-state index in [0.29, 0.717) is 22.7 Å². The highest BCUT2D eigenvalue weighted by Crippen LogP contribution is 2.66. The zero-order valence-electron chi connectivity index (χ0n) is 23.5. The number of rotatable bonds is 7. The summed E-state index contributed by atoms with van der Waals surface area (Å²) in [5.74, 6) is 3.88. The molecule has 2 N–H and O–H groups in total. The van der Waals surface area contributed by atoms with Crippen molar-refractivity contribution in [1.82, 2.24) is 0 Å². The standard InChI is InChI=1S/C34H52O2/c1-23(21-25-9-6-10-27(35)13-11-25)7-5-8-24(2)30-15-16-31-29-14-12-26-22-28(36)17-19-33(26,3)32(29)18-20-34(30,31)4/h6,9,11-12,14,23-24,27-28,30-32,35-36H,5,7-8,10,13,15-22H2,1-4H3. The fourth-order valence-corrected chi connectivity index (χ4v) is 9.43. The predicted molar refractivity (Wildman–Crippen MR) is 150 cm³/mol. The fourth-order valence-electron chi connectivity index (χ4n) is 9.43. The minimum atomic E-state index is -0.192. The lowest BCUT2D eigenvalue weighted by molar-refractivity contribution is 0.0322. The van der Waals surface area contributed by atoms with Crippen LogP contribution in [0, 0.1) is 40.4 Å². The SMILES string of the molecule is CC(CCCC(C)C1CCC2C3=CC=C4CC(O)CCC4(C)C3CCC21C)CC1=CCC(O)CC=C1. The summed E-state index contributed by atoms with van der Waals surface area (Å²) >= 11 is 0. The molecule has 5 aliphatic carbocycles. The summed E-state index contributed by atoms with van der Waals surface area (Å²) in [6.07, 6.45) is 26.7. The van der Waals surface area contributed by atoms with Crippen LogP contribution in [0.25, 0.3) is 0 Å². The van der Waals surface area contributed by atoms with Crippen LogP contribution in [0.3, 0.4) is 0 Å². The second-order valence-electron chi connectivity index (χ2n) is 14.0. The molecule has 5 rings (SSSR count). The summed E-state index contributed by atoms with van der Waals surface area (Å²) in [6.45, 7) is 10.1. The largest absolute Gasteiger partial charge is 0.393 e. The Hall–Kier alpha value is -1.12. The molecule has 2 heteroatoms. The van der Waals surface area contributed by atoms with Crippen LogP contribution in [-0.2, 0) is 0 Å². The molecule has 0 aromatic carbocycles. The van der Waals surface area contributed by atoms with Crippen molar-refractivity contribution >= 4 is 0 Å². The minimum absolute atomic E-state index is 0.124. The third-order valence-corrected chi connectivity index (χ3v) is 11.6. The van der Waals surface area contributed by atoms with Crippen LogP contribution in [0.5, 0.6) is 0 Å². The van der Waals surface area contributed by atoms with E-state index < -0.39 is 0 Å². The maximum absolute atomic E-state index is 10.3. The van der Waals surface area contributed by atoms with Crippen LogP contribution in [0.15, 0.2) is 47.1 Å². The molecule has 9 unspecified atom stereocenters. The van der Waals surface area contributed by atoms with Crippen molar-refractivity contribution in [3.05, 3.63) is 47.1 Å². The maximum Gasteiger partial charge on any atom is 0.0609 e. The Labute approximate surface area is 221 Å². The number of aliphatic hydroxyl groups is 2. The van der Waals surface area contributed by atoms with Gasteiger partial charge in [0, 0.05) is 0 Å². The number of allylic oxidation sites excluding steroid dienone is 5. The van der Waals surface area contributed by atoms with Gasteiger partial charge in [-0.2, -0.15) is 0 Å². The van der Waals surface area contributed by atoms with Gasteiger partial charge in [-0.05, 0) is 105 Å². The average Bonchev–Trinajstić information content (AvgIpc) is 3.07. The molecule has 3 saturated carbocycles. The van der Waals surface area contributed by atoms with Gasteiger partial charge in [-0.1, -0.05) is 94.1 Å². The minimum Gasteiger partial charge on any atom is -0.393 e. The van der Waals surface area contributed by atoms with Crippen molar-refractivity contribution in [2.75, 3.05) is 0 Å². The van der Waals surface area contributed by atoms with E-state index in [1.54, 1.807) is 5.57 Å². The normalized spacial score (nSPS) is 41.7. The molecular weight excluding hydrogens is 440 g/mol. The number of hydrogen-bond donors (Lipinski definition) is 2. The van der Waals surface area contributed by atoms with Crippen LogP contribution in [0.4, 0.5) is 0 Å².